The maximum Gasteiger partial charge on any atom is 0.339 e. The van der Waals surface area contributed by atoms with E-state index in [1.807, 2.05) is 12.1 Å². The molecule has 7 heteroatoms. The maximum atomic E-state index is 14.3. The van der Waals surface area contributed by atoms with E-state index in [-0.39, 0.29) is 24.0 Å². The van der Waals surface area contributed by atoms with E-state index in [1.54, 1.807) is 23.1 Å². The van der Waals surface area contributed by atoms with E-state index in [0.717, 1.165) is 5.56 Å². The number of methoxy groups -OCH3 is 1. The average Bonchev–Trinajstić information content (AvgIpc) is 3.20. The summed E-state index contributed by atoms with van der Waals surface area (Å²) >= 11 is 3.21. The van der Waals surface area contributed by atoms with Gasteiger partial charge in [0.2, 0.25) is 0 Å². The highest BCUT2D eigenvalue weighted by Gasteiger charge is 2.51. The summed E-state index contributed by atoms with van der Waals surface area (Å²) in [4.78, 5) is 26.8. The highest BCUT2D eigenvalue weighted by Crippen LogP contribution is 2.44. The minimum absolute atomic E-state index is 0.176. The van der Waals surface area contributed by atoms with Gasteiger partial charge in [0.15, 0.2) is 11.7 Å². The van der Waals surface area contributed by atoms with Gasteiger partial charge in [-0.1, -0.05) is 40.2 Å². The lowest BCUT2D eigenvalue weighted by Crippen LogP contribution is -2.38. The molecule has 0 aromatic heterocycles. The number of likely N-dealkylation sites (tertiary alicyclic amines) is 1. The van der Waals surface area contributed by atoms with Gasteiger partial charge in [-0.3, -0.25) is 4.79 Å². The van der Waals surface area contributed by atoms with Gasteiger partial charge >= 0.3 is 5.97 Å². The van der Waals surface area contributed by atoms with Crippen molar-refractivity contribution < 1.29 is 23.5 Å². The van der Waals surface area contributed by atoms with Crippen molar-refractivity contribution in [3.63, 3.8) is 0 Å². The van der Waals surface area contributed by atoms with Crippen LogP contribution < -0.4 is 0 Å². The lowest BCUT2D eigenvalue weighted by molar-refractivity contribution is -0.142. The van der Waals surface area contributed by atoms with Crippen molar-refractivity contribution in [1.29, 1.82) is 0 Å². The second-order valence-electron chi connectivity index (χ2n) is 6.72. The molecule has 2 heterocycles. The second-order valence-corrected chi connectivity index (χ2v) is 7.64. The van der Waals surface area contributed by atoms with Gasteiger partial charge in [0, 0.05) is 35.7 Å². The molecule has 140 valence electrons. The summed E-state index contributed by atoms with van der Waals surface area (Å²) in [6.07, 6.45) is -0.554. The smallest absolute Gasteiger partial charge is 0.339 e. The Balaban J connectivity index is 1.60. The molecule has 2 atom stereocenters. The fourth-order valence-electron chi connectivity index (χ4n) is 3.86. The quantitative estimate of drug-likeness (QED) is 0.694. The zero-order chi connectivity index (χ0) is 19.2. The van der Waals surface area contributed by atoms with Crippen LogP contribution in [0, 0.1) is 5.82 Å². The second kappa shape index (κ2) is 6.73. The molecule has 2 aromatic rings. The molecule has 1 fully saturated rings. The Morgan fingerprint density at radius 1 is 1.33 bits per heavy atom. The number of esters is 1. The van der Waals surface area contributed by atoms with E-state index < -0.39 is 17.5 Å². The van der Waals surface area contributed by atoms with Crippen LogP contribution in [0.15, 0.2) is 46.9 Å². The van der Waals surface area contributed by atoms with Gasteiger partial charge in [-0.05, 0) is 18.2 Å². The van der Waals surface area contributed by atoms with Crippen molar-refractivity contribution in [1.82, 2.24) is 4.90 Å². The fourth-order valence-corrected chi connectivity index (χ4v) is 4.19. The monoisotopic (exact) mass is 433 g/mol. The van der Waals surface area contributed by atoms with E-state index >= 15 is 0 Å². The van der Waals surface area contributed by atoms with E-state index in [1.165, 1.54) is 19.2 Å². The summed E-state index contributed by atoms with van der Waals surface area (Å²) in [6, 6.07) is 11.7. The van der Waals surface area contributed by atoms with Crippen LogP contribution in [0.3, 0.4) is 0 Å². The number of hydrogen-bond donors (Lipinski definition) is 0. The molecular weight excluding hydrogens is 417 g/mol. The van der Waals surface area contributed by atoms with Crippen LogP contribution in [0.25, 0.3) is 0 Å². The number of carbonyl (C=O) groups excluding carboxylic acids is 2. The van der Waals surface area contributed by atoms with Crippen LogP contribution in [0.2, 0.25) is 0 Å². The number of carbonyl (C=O) groups is 2. The van der Waals surface area contributed by atoms with Crippen molar-refractivity contribution in [2.45, 2.75) is 18.1 Å². The number of hydrogen-bond acceptors (Lipinski definition) is 4. The minimum atomic E-state index is -1.06. The molecule has 1 spiro atoms. The molecule has 4 rings (SSSR count). The summed E-state index contributed by atoms with van der Waals surface area (Å²) in [5.74, 6) is -1.24. The Labute approximate surface area is 164 Å². The number of fused-ring (bicyclic) bond motifs is 2. The number of benzene rings is 2. The summed E-state index contributed by atoms with van der Waals surface area (Å²) in [5.41, 5.74) is 0.679. The number of nitrogens with zero attached hydrogens (tertiary/aromatic N) is 1. The van der Waals surface area contributed by atoms with Gasteiger partial charge in [-0.2, -0.15) is 0 Å². The highest BCUT2D eigenvalue weighted by molar-refractivity contribution is 9.10. The van der Waals surface area contributed by atoms with Gasteiger partial charge in [0.25, 0.3) is 5.91 Å². The van der Waals surface area contributed by atoms with Gasteiger partial charge < -0.3 is 14.4 Å². The van der Waals surface area contributed by atoms with Gasteiger partial charge in [0.05, 0.1) is 12.1 Å². The molecule has 2 aliphatic heterocycles. The first-order chi connectivity index (χ1) is 12.9. The van der Waals surface area contributed by atoms with Crippen molar-refractivity contribution >= 4 is 27.8 Å². The number of rotatable bonds is 3. The predicted molar refractivity (Wildman–Crippen MR) is 98.6 cm³/mol. The van der Waals surface area contributed by atoms with Crippen molar-refractivity contribution in [3.05, 3.63) is 69.4 Å². The van der Waals surface area contributed by atoms with Crippen LogP contribution >= 0.6 is 15.9 Å². The largest absolute Gasteiger partial charge is 0.449 e. The Kier molecular flexibility index (Phi) is 4.52. The third-order valence-electron chi connectivity index (χ3n) is 5.17. The molecule has 5 nitrogen and oxygen atoms in total. The normalized spacial score (nSPS) is 22.0. The molecule has 2 aliphatic rings. The molecule has 0 bridgehead atoms. The zero-order valence-corrected chi connectivity index (χ0v) is 16.2. The summed E-state index contributed by atoms with van der Waals surface area (Å²) in [5, 5.41) is 0. The van der Waals surface area contributed by atoms with E-state index in [4.69, 9.17) is 9.47 Å². The third kappa shape index (κ3) is 2.95. The van der Waals surface area contributed by atoms with E-state index in [2.05, 4.69) is 15.9 Å². The van der Waals surface area contributed by atoms with Crippen molar-refractivity contribution in [3.8, 4) is 0 Å². The molecule has 27 heavy (non-hydrogen) atoms. The molecule has 0 radical (unpaired) electrons. The fraction of sp³-hybridized carbons (Fsp3) is 0.300. The van der Waals surface area contributed by atoms with Crippen LogP contribution in [0.5, 0.6) is 0 Å². The Morgan fingerprint density at radius 3 is 2.85 bits per heavy atom. The predicted octanol–water partition coefficient (Wildman–Crippen LogP) is 3.57. The van der Waals surface area contributed by atoms with Crippen LogP contribution in [0.4, 0.5) is 4.39 Å². The molecule has 2 aromatic carbocycles. The summed E-state index contributed by atoms with van der Waals surface area (Å²) in [6.45, 7) is 0.630. The maximum absolute atomic E-state index is 14.3. The lowest BCUT2D eigenvalue weighted by Gasteiger charge is -2.26. The molecular formula is C20H17BrFNO4. The standard InChI is InChI=1S/C20H17BrFNO4/c1-26-17(14-7-6-12(21)10-16(14)22)18(24)23-9-8-20(11-23)15-5-3-2-4-13(15)19(25)27-20/h2-7,10,17H,8-9,11H2,1H3/t17?,20-/m0/s1. The van der Waals surface area contributed by atoms with Gasteiger partial charge in [0.1, 0.15) is 5.82 Å². The van der Waals surface area contributed by atoms with E-state index in [9.17, 15) is 14.0 Å². The molecule has 0 aliphatic carbocycles. The van der Waals surface area contributed by atoms with E-state index in [0.29, 0.717) is 23.0 Å². The third-order valence-corrected chi connectivity index (χ3v) is 5.67. The van der Waals surface area contributed by atoms with Crippen LogP contribution in [0.1, 0.15) is 34.0 Å². The number of ether oxygens (including phenoxy) is 2. The molecule has 0 N–H and O–H groups in total. The first kappa shape index (κ1) is 18.1. The number of halogens is 2. The molecule has 1 amide bonds. The SMILES string of the molecule is COC(C(=O)N1CC[C@@]2(C1)OC(=O)c1ccccc12)c1ccc(Br)cc1F. The average molecular weight is 434 g/mol. The van der Waals surface area contributed by atoms with Crippen LogP contribution in [-0.4, -0.2) is 37.0 Å². The van der Waals surface area contributed by atoms with Crippen LogP contribution in [-0.2, 0) is 19.9 Å². The first-order valence-corrected chi connectivity index (χ1v) is 9.34. The minimum Gasteiger partial charge on any atom is -0.449 e. The topological polar surface area (TPSA) is 55.8 Å². The summed E-state index contributed by atoms with van der Waals surface area (Å²) < 4.78 is 25.9. The van der Waals surface area contributed by atoms with Gasteiger partial charge in [-0.25, -0.2) is 9.18 Å². The van der Waals surface area contributed by atoms with Crippen molar-refractivity contribution in [2.75, 3.05) is 20.2 Å². The Bertz CT molecular complexity index is 934. The van der Waals surface area contributed by atoms with Gasteiger partial charge in [-0.15, -0.1) is 0 Å². The first-order valence-electron chi connectivity index (χ1n) is 8.54. The number of amides is 1. The zero-order valence-electron chi connectivity index (χ0n) is 14.6. The molecule has 1 saturated heterocycles. The summed E-state index contributed by atoms with van der Waals surface area (Å²) in [7, 11) is 1.38. The highest BCUT2D eigenvalue weighted by atomic mass is 79.9. The lowest BCUT2D eigenvalue weighted by atomic mass is 9.91. The van der Waals surface area contributed by atoms with Crippen molar-refractivity contribution in [2.24, 2.45) is 0 Å². The molecule has 1 unspecified atom stereocenters. The Morgan fingerprint density at radius 2 is 2.11 bits per heavy atom. The Hall–Kier alpha value is -2.25. The molecule has 0 saturated carbocycles.